The van der Waals surface area contributed by atoms with E-state index in [0.717, 1.165) is 43.7 Å². The van der Waals surface area contributed by atoms with Crippen molar-refractivity contribution in [2.75, 3.05) is 33.9 Å². The molecule has 1 aliphatic heterocycles. The van der Waals surface area contributed by atoms with Crippen LogP contribution in [0.5, 0.6) is 11.5 Å². The Morgan fingerprint density at radius 1 is 1.21 bits per heavy atom. The Bertz CT molecular complexity index is 546. The van der Waals surface area contributed by atoms with Gasteiger partial charge in [0.2, 0.25) is 5.91 Å². The van der Waals surface area contributed by atoms with Crippen LogP contribution < -0.4 is 9.47 Å². The van der Waals surface area contributed by atoms with Crippen molar-refractivity contribution in [3.63, 3.8) is 0 Å². The highest BCUT2D eigenvalue weighted by Gasteiger charge is 2.32. The van der Waals surface area contributed by atoms with Crippen LogP contribution in [0.2, 0.25) is 0 Å². The van der Waals surface area contributed by atoms with E-state index < -0.39 is 0 Å². The van der Waals surface area contributed by atoms with Gasteiger partial charge >= 0.3 is 0 Å². The second-order valence-corrected chi connectivity index (χ2v) is 6.42. The van der Waals surface area contributed by atoms with Gasteiger partial charge in [-0.2, -0.15) is 0 Å². The van der Waals surface area contributed by atoms with E-state index in [4.69, 9.17) is 9.47 Å². The number of hydrogen-bond acceptors (Lipinski definition) is 4. The molecule has 1 aromatic rings. The predicted octanol–water partition coefficient (Wildman–Crippen LogP) is 2.50. The number of carbonyl (C=O) groups is 1. The van der Waals surface area contributed by atoms with E-state index in [2.05, 4.69) is 6.92 Å². The zero-order valence-electron chi connectivity index (χ0n) is 15.0. The van der Waals surface area contributed by atoms with Crippen LogP contribution in [0, 0.1) is 11.8 Å². The molecule has 2 rings (SSSR count). The Balaban J connectivity index is 1.97. The molecule has 0 aromatic heterocycles. The van der Waals surface area contributed by atoms with Crippen LogP contribution in [0.3, 0.4) is 0 Å². The fourth-order valence-electron chi connectivity index (χ4n) is 3.54. The molecule has 0 saturated carbocycles. The second-order valence-electron chi connectivity index (χ2n) is 6.42. The molecule has 134 valence electrons. The number of nitrogens with zero attached hydrogens (tertiary/aromatic N) is 1. The van der Waals surface area contributed by atoms with Crippen molar-refractivity contribution < 1.29 is 19.4 Å². The summed E-state index contributed by atoms with van der Waals surface area (Å²) in [7, 11) is 3.25. The molecule has 0 bridgehead atoms. The topological polar surface area (TPSA) is 59.0 Å². The number of benzene rings is 1. The number of rotatable bonds is 8. The Hall–Kier alpha value is -1.75. The molecule has 24 heavy (non-hydrogen) atoms. The summed E-state index contributed by atoms with van der Waals surface area (Å²) in [4.78, 5) is 14.4. The van der Waals surface area contributed by atoms with Gasteiger partial charge < -0.3 is 19.5 Å². The van der Waals surface area contributed by atoms with Gasteiger partial charge in [-0.3, -0.25) is 4.79 Å². The fourth-order valence-corrected chi connectivity index (χ4v) is 3.54. The summed E-state index contributed by atoms with van der Waals surface area (Å²) in [5.41, 5.74) is 1.13. The van der Waals surface area contributed by atoms with Gasteiger partial charge in [-0.1, -0.05) is 19.4 Å². The quantitative estimate of drug-likeness (QED) is 0.793. The van der Waals surface area contributed by atoms with E-state index in [-0.39, 0.29) is 12.5 Å². The van der Waals surface area contributed by atoms with Crippen molar-refractivity contribution in [2.24, 2.45) is 11.8 Å². The molecule has 0 radical (unpaired) electrons. The van der Waals surface area contributed by atoms with Crippen LogP contribution in [-0.2, 0) is 11.2 Å². The third-order valence-electron chi connectivity index (χ3n) is 5.05. The molecule has 5 heteroatoms. The SMILES string of the molecule is CC[C@@H]1CN(CCc2ccc(OC)c(OC)c2)C(=O)C[C@@H]1CCO. The van der Waals surface area contributed by atoms with Crippen LogP contribution in [0.4, 0.5) is 0 Å². The van der Waals surface area contributed by atoms with Gasteiger partial charge in [0.15, 0.2) is 11.5 Å². The zero-order valence-corrected chi connectivity index (χ0v) is 15.0. The monoisotopic (exact) mass is 335 g/mol. The summed E-state index contributed by atoms with van der Waals surface area (Å²) in [6, 6.07) is 5.89. The highest BCUT2D eigenvalue weighted by Crippen LogP contribution is 2.30. The minimum atomic E-state index is 0.167. The number of carbonyl (C=O) groups excluding carboxylic acids is 1. The Morgan fingerprint density at radius 3 is 2.58 bits per heavy atom. The highest BCUT2D eigenvalue weighted by atomic mass is 16.5. The lowest BCUT2D eigenvalue weighted by molar-refractivity contribution is -0.137. The third kappa shape index (κ3) is 4.41. The largest absolute Gasteiger partial charge is 0.493 e. The lowest BCUT2D eigenvalue weighted by Crippen LogP contribution is -2.45. The lowest BCUT2D eigenvalue weighted by Gasteiger charge is -2.38. The van der Waals surface area contributed by atoms with Gasteiger partial charge in [0.25, 0.3) is 0 Å². The summed E-state index contributed by atoms with van der Waals surface area (Å²) in [6.07, 6.45) is 3.14. The van der Waals surface area contributed by atoms with Gasteiger partial charge in [-0.25, -0.2) is 0 Å². The zero-order chi connectivity index (χ0) is 17.5. The molecule has 1 aliphatic rings. The smallest absolute Gasteiger partial charge is 0.222 e. The third-order valence-corrected chi connectivity index (χ3v) is 5.05. The van der Waals surface area contributed by atoms with Crippen LogP contribution >= 0.6 is 0 Å². The number of likely N-dealkylation sites (tertiary alicyclic amines) is 1. The number of ether oxygens (including phenoxy) is 2. The number of aliphatic hydroxyl groups excluding tert-OH is 1. The number of methoxy groups -OCH3 is 2. The number of aliphatic hydroxyl groups is 1. The first-order chi connectivity index (χ1) is 11.6. The standard InChI is InChI=1S/C19H29NO4/c1-4-15-13-20(19(22)12-16(15)8-10-21)9-7-14-5-6-17(23-2)18(11-14)24-3/h5-6,11,15-16,21H,4,7-10,12-13H2,1-3H3/t15-,16+/m1/s1. The highest BCUT2D eigenvalue weighted by molar-refractivity contribution is 5.77. The van der Waals surface area contributed by atoms with E-state index >= 15 is 0 Å². The van der Waals surface area contributed by atoms with E-state index in [1.54, 1.807) is 14.2 Å². The van der Waals surface area contributed by atoms with Crippen molar-refractivity contribution in [1.29, 1.82) is 0 Å². The molecule has 1 heterocycles. The van der Waals surface area contributed by atoms with Crippen LogP contribution in [0.1, 0.15) is 31.7 Å². The summed E-state index contributed by atoms with van der Waals surface area (Å²) in [5, 5.41) is 9.18. The minimum absolute atomic E-state index is 0.167. The summed E-state index contributed by atoms with van der Waals surface area (Å²) in [6.45, 7) is 3.85. The van der Waals surface area contributed by atoms with E-state index in [1.807, 2.05) is 23.1 Å². The van der Waals surface area contributed by atoms with Gasteiger partial charge in [-0.15, -0.1) is 0 Å². The molecule has 1 saturated heterocycles. The first-order valence-electron chi connectivity index (χ1n) is 8.72. The fraction of sp³-hybridized carbons (Fsp3) is 0.632. The average molecular weight is 335 g/mol. The first kappa shape index (κ1) is 18.6. The molecular weight excluding hydrogens is 306 g/mol. The number of amides is 1. The van der Waals surface area contributed by atoms with E-state index in [9.17, 15) is 9.90 Å². The summed E-state index contributed by atoms with van der Waals surface area (Å²) < 4.78 is 10.6. The van der Waals surface area contributed by atoms with Crippen molar-refractivity contribution in [3.8, 4) is 11.5 Å². The normalized spacial score (nSPS) is 21.0. The number of piperidine rings is 1. The molecule has 0 unspecified atom stereocenters. The van der Waals surface area contributed by atoms with Crippen molar-refractivity contribution >= 4 is 5.91 Å². The van der Waals surface area contributed by atoms with Crippen LogP contribution in [-0.4, -0.2) is 49.8 Å². The van der Waals surface area contributed by atoms with Gasteiger partial charge in [0.1, 0.15) is 0 Å². The minimum Gasteiger partial charge on any atom is -0.493 e. The molecular formula is C19H29NO4. The first-order valence-corrected chi connectivity index (χ1v) is 8.72. The Morgan fingerprint density at radius 2 is 1.96 bits per heavy atom. The van der Waals surface area contributed by atoms with Crippen LogP contribution in [0.25, 0.3) is 0 Å². The van der Waals surface area contributed by atoms with Crippen molar-refractivity contribution in [2.45, 2.75) is 32.6 Å². The molecule has 0 spiro atoms. The average Bonchev–Trinajstić information content (AvgIpc) is 2.61. The van der Waals surface area contributed by atoms with Gasteiger partial charge in [0.05, 0.1) is 14.2 Å². The van der Waals surface area contributed by atoms with Gasteiger partial charge in [0, 0.05) is 26.1 Å². The van der Waals surface area contributed by atoms with Crippen LogP contribution in [0.15, 0.2) is 18.2 Å². The molecule has 0 aliphatic carbocycles. The second kappa shape index (κ2) is 8.92. The lowest BCUT2D eigenvalue weighted by atomic mass is 9.81. The molecule has 2 atom stereocenters. The molecule has 1 aromatic carbocycles. The summed E-state index contributed by atoms with van der Waals surface area (Å²) in [5.74, 6) is 2.45. The van der Waals surface area contributed by atoms with E-state index in [0.29, 0.717) is 24.0 Å². The number of hydrogen-bond donors (Lipinski definition) is 1. The molecule has 1 amide bonds. The van der Waals surface area contributed by atoms with Crippen molar-refractivity contribution in [3.05, 3.63) is 23.8 Å². The maximum atomic E-state index is 12.4. The maximum absolute atomic E-state index is 12.4. The molecule has 1 N–H and O–H groups in total. The van der Waals surface area contributed by atoms with Gasteiger partial charge in [-0.05, 0) is 42.4 Å². The predicted molar refractivity (Wildman–Crippen MR) is 93.4 cm³/mol. The molecule has 5 nitrogen and oxygen atoms in total. The Kier molecular flexibility index (Phi) is 6.91. The van der Waals surface area contributed by atoms with Crippen molar-refractivity contribution in [1.82, 2.24) is 4.90 Å². The molecule has 1 fully saturated rings. The Labute approximate surface area is 144 Å². The maximum Gasteiger partial charge on any atom is 0.222 e. The van der Waals surface area contributed by atoms with E-state index in [1.165, 1.54) is 0 Å². The summed E-state index contributed by atoms with van der Waals surface area (Å²) >= 11 is 0.